The van der Waals surface area contributed by atoms with Gasteiger partial charge in [-0.25, -0.2) is 0 Å². The highest BCUT2D eigenvalue weighted by Crippen LogP contribution is 2.21. The molecule has 2 aromatic rings. The summed E-state index contributed by atoms with van der Waals surface area (Å²) in [5.41, 5.74) is 1.39. The van der Waals surface area contributed by atoms with E-state index in [1.807, 2.05) is 24.3 Å². The number of rotatable bonds is 6. The Balaban J connectivity index is 1.40. The third kappa shape index (κ3) is 4.15. The van der Waals surface area contributed by atoms with Crippen LogP contribution in [0.15, 0.2) is 24.3 Å². The zero-order valence-corrected chi connectivity index (χ0v) is 14.7. The Morgan fingerprint density at radius 2 is 2.00 bits per heavy atom. The van der Waals surface area contributed by atoms with Gasteiger partial charge in [-0.15, -0.1) is 0 Å². The van der Waals surface area contributed by atoms with Crippen molar-refractivity contribution in [1.29, 1.82) is 0 Å². The SMILES string of the molecule is C[C@@H]1C[C@H](C)CN(CCCCNC(=O)c2n[nH]c3ccccc23)C1. The predicted octanol–water partition coefficient (Wildman–Crippen LogP) is 3.05. The van der Waals surface area contributed by atoms with E-state index < -0.39 is 0 Å². The number of piperidine rings is 1. The van der Waals surface area contributed by atoms with Crippen LogP contribution in [0.25, 0.3) is 10.9 Å². The Morgan fingerprint density at radius 3 is 2.79 bits per heavy atom. The van der Waals surface area contributed by atoms with Crippen molar-refractivity contribution in [2.45, 2.75) is 33.1 Å². The average molecular weight is 328 g/mol. The molecule has 1 saturated heterocycles. The molecule has 0 aliphatic carbocycles. The minimum Gasteiger partial charge on any atom is -0.351 e. The van der Waals surface area contributed by atoms with E-state index in [0.717, 1.165) is 42.1 Å². The van der Waals surface area contributed by atoms with Gasteiger partial charge in [0.1, 0.15) is 0 Å². The number of benzene rings is 1. The molecule has 5 nitrogen and oxygen atoms in total. The number of amides is 1. The molecule has 1 aliphatic heterocycles. The highest BCUT2D eigenvalue weighted by atomic mass is 16.1. The van der Waals surface area contributed by atoms with Gasteiger partial charge in [-0.1, -0.05) is 32.0 Å². The van der Waals surface area contributed by atoms with E-state index in [0.29, 0.717) is 12.2 Å². The van der Waals surface area contributed by atoms with E-state index in [1.165, 1.54) is 19.5 Å². The molecular formula is C19H28N4O. The molecule has 0 radical (unpaired) electrons. The number of fused-ring (bicyclic) bond motifs is 1. The summed E-state index contributed by atoms with van der Waals surface area (Å²) in [5, 5.41) is 10.9. The minimum atomic E-state index is -0.0901. The first-order valence-electron chi connectivity index (χ1n) is 9.07. The highest BCUT2D eigenvalue weighted by molar-refractivity contribution is 6.04. The molecule has 2 heterocycles. The van der Waals surface area contributed by atoms with Gasteiger partial charge in [-0.05, 0) is 43.7 Å². The maximum absolute atomic E-state index is 12.3. The average Bonchev–Trinajstić information content (AvgIpc) is 2.97. The van der Waals surface area contributed by atoms with Gasteiger partial charge in [0.25, 0.3) is 5.91 Å². The fourth-order valence-electron chi connectivity index (χ4n) is 3.86. The molecular weight excluding hydrogens is 300 g/mol. The number of unbranched alkanes of at least 4 members (excludes halogenated alkanes) is 1. The fourth-order valence-corrected chi connectivity index (χ4v) is 3.86. The number of para-hydroxylation sites is 1. The molecule has 0 saturated carbocycles. The van der Waals surface area contributed by atoms with Gasteiger partial charge in [-0.2, -0.15) is 5.10 Å². The second kappa shape index (κ2) is 7.79. The molecule has 130 valence electrons. The van der Waals surface area contributed by atoms with Crippen LogP contribution in [-0.4, -0.2) is 47.2 Å². The molecule has 0 bridgehead atoms. The van der Waals surface area contributed by atoms with Gasteiger partial charge in [0.05, 0.1) is 5.52 Å². The number of carbonyl (C=O) groups is 1. The smallest absolute Gasteiger partial charge is 0.272 e. The summed E-state index contributed by atoms with van der Waals surface area (Å²) >= 11 is 0. The van der Waals surface area contributed by atoms with Gasteiger partial charge in [-0.3, -0.25) is 9.89 Å². The molecule has 24 heavy (non-hydrogen) atoms. The Hall–Kier alpha value is -1.88. The van der Waals surface area contributed by atoms with Crippen LogP contribution in [0.5, 0.6) is 0 Å². The van der Waals surface area contributed by atoms with Crippen LogP contribution in [-0.2, 0) is 0 Å². The Kier molecular flexibility index (Phi) is 5.51. The summed E-state index contributed by atoms with van der Waals surface area (Å²) < 4.78 is 0. The standard InChI is InChI=1S/C19H28N4O/c1-14-11-15(2)13-23(12-14)10-6-5-9-20-19(24)18-16-7-3-4-8-17(16)21-22-18/h3-4,7-8,14-15H,5-6,9-13H2,1-2H3,(H,20,24)(H,21,22)/t14-,15+. The largest absolute Gasteiger partial charge is 0.351 e. The molecule has 1 aromatic heterocycles. The number of nitrogens with one attached hydrogen (secondary N) is 2. The van der Waals surface area contributed by atoms with Crippen molar-refractivity contribution in [2.24, 2.45) is 11.8 Å². The molecule has 1 aliphatic rings. The van der Waals surface area contributed by atoms with Gasteiger partial charge in [0.15, 0.2) is 5.69 Å². The third-order valence-corrected chi connectivity index (χ3v) is 4.82. The Bertz CT molecular complexity index is 671. The van der Waals surface area contributed by atoms with E-state index in [2.05, 4.69) is 34.3 Å². The topological polar surface area (TPSA) is 61.0 Å². The lowest BCUT2D eigenvalue weighted by Crippen LogP contribution is -2.39. The molecule has 2 atom stereocenters. The van der Waals surface area contributed by atoms with Crippen molar-refractivity contribution in [3.05, 3.63) is 30.0 Å². The van der Waals surface area contributed by atoms with Crippen LogP contribution < -0.4 is 5.32 Å². The monoisotopic (exact) mass is 328 g/mol. The van der Waals surface area contributed by atoms with Gasteiger partial charge < -0.3 is 10.2 Å². The van der Waals surface area contributed by atoms with Crippen LogP contribution in [0.1, 0.15) is 43.6 Å². The van der Waals surface area contributed by atoms with Crippen LogP contribution in [0, 0.1) is 11.8 Å². The van der Waals surface area contributed by atoms with Crippen LogP contribution in [0.3, 0.4) is 0 Å². The van der Waals surface area contributed by atoms with E-state index in [1.54, 1.807) is 0 Å². The first-order chi connectivity index (χ1) is 11.6. The quantitative estimate of drug-likeness (QED) is 0.801. The second-order valence-electron chi connectivity index (χ2n) is 7.29. The molecule has 5 heteroatoms. The number of nitrogens with zero attached hydrogens (tertiary/aromatic N) is 2. The van der Waals surface area contributed by atoms with Gasteiger partial charge >= 0.3 is 0 Å². The molecule has 0 spiro atoms. The van der Waals surface area contributed by atoms with Crippen molar-refractivity contribution in [1.82, 2.24) is 20.4 Å². The van der Waals surface area contributed by atoms with Gasteiger partial charge in [0, 0.05) is 25.0 Å². The maximum Gasteiger partial charge on any atom is 0.272 e. The first kappa shape index (κ1) is 17.0. The van der Waals surface area contributed by atoms with E-state index in [-0.39, 0.29) is 5.91 Å². The summed E-state index contributed by atoms with van der Waals surface area (Å²) in [6.45, 7) is 8.97. The van der Waals surface area contributed by atoms with E-state index in [4.69, 9.17) is 0 Å². The van der Waals surface area contributed by atoms with Crippen molar-refractivity contribution in [3.8, 4) is 0 Å². The zero-order valence-electron chi connectivity index (χ0n) is 14.7. The summed E-state index contributed by atoms with van der Waals surface area (Å²) in [6, 6.07) is 7.71. The molecule has 1 amide bonds. The number of hydrogen-bond donors (Lipinski definition) is 2. The lowest BCUT2D eigenvalue weighted by molar-refractivity contribution is 0.0948. The number of hydrogen-bond acceptors (Lipinski definition) is 3. The predicted molar refractivity (Wildman–Crippen MR) is 97.0 cm³/mol. The Morgan fingerprint density at radius 1 is 1.25 bits per heavy atom. The molecule has 3 rings (SSSR count). The lowest BCUT2D eigenvalue weighted by atomic mass is 9.92. The number of likely N-dealkylation sites (tertiary alicyclic amines) is 1. The van der Waals surface area contributed by atoms with Crippen molar-refractivity contribution < 1.29 is 4.79 Å². The number of H-pyrrole nitrogens is 1. The summed E-state index contributed by atoms with van der Waals surface area (Å²) in [4.78, 5) is 14.8. The van der Waals surface area contributed by atoms with Crippen molar-refractivity contribution >= 4 is 16.8 Å². The fraction of sp³-hybridized carbons (Fsp3) is 0.579. The van der Waals surface area contributed by atoms with Crippen LogP contribution >= 0.6 is 0 Å². The number of aromatic amines is 1. The van der Waals surface area contributed by atoms with Crippen LogP contribution in [0.4, 0.5) is 0 Å². The number of carbonyl (C=O) groups excluding carboxylic acids is 1. The number of aromatic nitrogens is 2. The highest BCUT2D eigenvalue weighted by Gasteiger charge is 2.21. The molecule has 2 N–H and O–H groups in total. The third-order valence-electron chi connectivity index (χ3n) is 4.82. The summed E-state index contributed by atoms with van der Waals surface area (Å²) in [5.74, 6) is 1.52. The zero-order chi connectivity index (χ0) is 16.9. The maximum atomic E-state index is 12.3. The van der Waals surface area contributed by atoms with Crippen molar-refractivity contribution in [2.75, 3.05) is 26.2 Å². The first-order valence-corrected chi connectivity index (χ1v) is 9.07. The van der Waals surface area contributed by atoms with E-state index >= 15 is 0 Å². The Labute approximate surface area is 143 Å². The van der Waals surface area contributed by atoms with Crippen molar-refractivity contribution in [3.63, 3.8) is 0 Å². The summed E-state index contributed by atoms with van der Waals surface area (Å²) in [7, 11) is 0. The van der Waals surface area contributed by atoms with E-state index in [9.17, 15) is 4.79 Å². The van der Waals surface area contributed by atoms with Gasteiger partial charge in [0.2, 0.25) is 0 Å². The summed E-state index contributed by atoms with van der Waals surface area (Å²) in [6.07, 6.45) is 3.48. The molecule has 1 fully saturated rings. The van der Waals surface area contributed by atoms with Crippen LogP contribution in [0.2, 0.25) is 0 Å². The molecule has 0 unspecified atom stereocenters. The lowest BCUT2D eigenvalue weighted by Gasteiger charge is -2.34. The molecule has 1 aromatic carbocycles. The normalized spacial score (nSPS) is 21.9. The second-order valence-corrected chi connectivity index (χ2v) is 7.29. The minimum absolute atomic E-state index is 0.0901.